The lowest BCUT2D eigenvalue weighted by Crippen LogP contribution is -2.17. The van der Waals surface area contributed by atoms with Crippen molar-refractivity contribution in [2.24, 2.45) is 5.10 Å². The van der Waals surface area contributed by atoms with Gasteiger partial charge in [0.25, 0.3) is 5.91 Å². The van der Waals surface area contributed by atoms with Crippen LogP contribution in [0.1, 0.15) is 22.8 Å². The molecule has 0 spiro atoms. The van der Waals surface area contributed by atoms with Crippen LogP contribution in [0.3, 0.4) is 0 Å². The van der Waals surface area contributed by atoms with Gasteiger partial charge in [-0.2, -0.15) is 5.10 Å². The van der Waals surface area contributed by atoms with E-state index < -0.39 is 5.97 Å². The second-order valence-electron chi connectivity index (χ2n) is 4.71. The predicted molar refractivity (Wildman–Crippen MR) is 90.8 cm³/mol. The second-order valence-corrected chi connectivity index (χ2v) is 5.15. The van der Waals surface area contributed by atoms with Crippen molar-refractivity contribution in [1.82, 2.24) is 5.43 Å². The van der Waals surface area contributed by atoms with Crippen LogP contribution in [0.4, 0.5) is 0 Å². The normalized spacial score (nSPS) is 10.5. The maximum Gasteiger partial charge on any atom is 0.308 e. The lowest BCUT2D eigenvalue weighted by molar-refractivity contribution is -0.132. The zero-order valence-electron chi connectivity index (χ0n) is 13.1. The Morgan fingerprint density at radius 3 is 2.46 bits per heavy atom. The molecule has 0 atom stereocenters. The summed E-state index contributed by atoms with van der Waals surface area (Å²) >= 11 is 5.77. The number of halogens is 1. The minimum Gasteiger partial charge on any atom is -0.493 e. The molecule has 1 N–H and O–H groups in total. The number of hydrazone groups is 1. The summed E-state index contributed by atoms with van der Waals surface area (Å²) in [4.78, 5) is 22.9. The average molecular weight is 347 g/mol. The highest BCUT2D eigenvalue weighted by Gasteiger charge is 2.07. The zero-order valence-corrected chi connectivity index (χ0v) is 13.8. The maximum absolute atomic E-state index is 11.9. The Morgan fingerprint density at radius 1 is 1.12 bits per heavy atom. The molecule has 0 saturated carbocycles. The molecular formula is C17H15ClN2O4. The van der Waals surface area contributed by atoms with Gasteiger partial charge in [-0.1, -0.05) is 11.6 Å². The molecule has 0 aliphatic heterocycles. The van der Waals surface area contributed by atoms with Crippen molar-refractivity contribution >= 4 is 29.7 Å². The number of methoxy groups -OCH3 is 1. The molecule has 0 aromatic heterocycles. The van der Waals surface area contributed by atoms with Crippen LogP contribution in [-0.2, 0) is 4.79 Å². The lowest BCUT2D eigenvalue weighted by Gasteiger charge is -2.08. The van der Waals surface area contributed by atoms with Crippen LogP contribution in [0.5, 0.6) is 11.5 Å². The van der Waals surface area contributed by atoms with E-state index in [0.717, 1.165) is 0 Å². The van der Waals surface area contributed by atoms with E-state index in [-0.39, 0.29) is 5.91 Å². The smallest absolute Gasteiger partial charge is 0.308 e. The number of hydrogen-bond donors (Lipinski definition) is 1. The molecule has 1 amide bonds. The van der Waals surface area contributed by atoms with Gasteiger partial charge in [-0.25, -0.2) is 5.43 Å². The lowest BCUT2D eigenvalue weighted by atomic mass is 10.2. The third-order valence-corrected chi connectivity index (χ3v) is 3.18. The number of ether oxygens (including phenoxy) is 2. The molecule has 7 heteroatoms. The van der Waals surface area contributed by atoms with E-state index in [4.69, 9.17) is 21.1 Å². The number of esters is 1. The van der Waals surface area contributed by atoms with Crippen LogP contribution in [0.15, 0.2) is 47.6 Å². The van der Waals surface area contributed by atoms with Crippen LogP contribution in [0.2, 0.25) is 5.02 Å². The Balaban J connectivity index is 2.04. The van der Waals surface area contributed by atoms with Crippen LogP contribution in [0.25, 0.3) is 0 Å². The van der Waals surface area contributed by atoms with Crippen molar-refractivity contribution in [2.75, 3.05) is 7.11 Å². The number of carbonyl (C=O) groups is 2. The summed E-state index contributed by atoms with van der Waals surface area (Å²) in [6.07, 6.45) is 1.45. The first-order valence-electron chi connectivity index (χ1n) is 6.95. The number of nitrogens with zero attached hydrogens (tertiary/aromatic N) is 1. The molecule has 0 bridgehead atoms. The quantitative estimate of drug-likeness (QED) is 0.391. The minimum absolute atomic E-state index is 0.312. The zero-order chi connectivity index (χ0) is 17.5. The van der Waals surface area contributed by atoms with Gasteiger partial charge < -0.3 is 9.47 Å². The summed E-state index contributed by atoms with van der Waals surface area (Å²) in [5.41, 5.74) is 3.52. The molecule has 2 aromatic carbocycles. The van der Waals surface area contributed by atoms with Gasteiger partial charge in [0.15, 0.2) is 11.5 Å². The molecule has 2 aromatic rings. The summed E-state index contributed by atoms with van der Waals surface area (Å²) in [6.45, 7) is 1.31. The minimum atomic E-state index is -0.440. The van der Waals surface area contributed by atoms with Crippen molar-refractivity contribution in [2.45, 2.75) is 6.92 Å². The molecule has 124 valence electrons. The second kappa shape index (κ2) is 8.12. The fourth-order valence-electron chi connectivity index (χ4n) is 1.83. The number of rotatable bonds is 5. The maximum atomic E-state index is 11.9. The van der Waals surface area contributed by atoms with Crippen LogP contribution < -0.4 is 14.9 Å². The molecule has 2 rings (SSSR count). The third-order valence-electron chi connectivity index (χ3n) is 2.93. The molecule has 0 aliphatic rings. The molecule has 0 fully saturated rings. The van der Waals surface area contributed by atoms with E-state index >= 15 is 0 Å². The van der Waals surface area contributed by atoms with Gasteiger partial charge in [-0.3, -0.25) is 9.59 Å². The highest BCUT2D eigenvalue weighted by Crippen LogP contribution is 2.27. The Kier molecular flexibility index (Phi) is 5.92. The summed E-state index contributed by atoms with van der Waals surface area (Å²) in [6, 6.07) is 11.4. The van der Waals surface area contributed by atoms with Crippen molar-refractivity contribution in [3.63, 3.8) is 0 Å². The van der Waals surface area contributed by atoms with Crippen LogP contribution >= 0.6 is 11.6 Å². The van der Waals surface area contributed by atoms with E-state index in [9.17, 15) is 9.59 Å². The first kappa shape index (κ1) is 17.5. The van der Waals surface area contributed by atoms with Crippen molar-refractivity contribution in [3.8, 4) is 11.5 Å². The largest absolute Gasteiger partial charge is 0.493 e. The van der Waals surface area contributed by atoms with E-state index in [1.54, 1.807) is 42.5 Å². The van der Waals surface area contributed by atoms with Crippen LogP contribution in [-0.4, -0.2) is 25.2 Å². The molecule has 0 heterocycles. The van der Waals surface area contributed by atoms with E-state index in [2.05, 4.69) is 10.5 Å². The fourth-order valence-corrected chi connectivity index (χ4v) is 1.96. The summed E-state index contributed by atoms with van der Waals surface area (Å²) in [7, 11) is 1.46. The van der Waals surface area contributed by atoms with E-state index in [1.807, 2.05) is 0 Å². The number of nitrogens with one attached hydrogen (secondary N) is 1. The number of benzene rings is 2. The van der Waals surface area contributed by atoms with E-state index in [1.165, 1.54) is 20.2 Å². The van der Waals surface area contributed by atoms with Gasteiger partial charge in [0, 0.05) is 17.5 Å². The molecular weight excluding hydrogens is 332 g/mol. The highest BCUT2D eigenvalue weighted by atomic mass is 35.5. The standard InChI is InChI=1S/C17H15ClN2O4/c1-11(21)24-15-8-3-12(9-16(15)23-2)10-19-20-17(22)13-4-6-14(18)7-5-13/h3-10H,1-2H3,(H,20,22)/b19-10-. The van der Waals surface area contributed by atoms with Gasteiger partial charge in [0.2, 0.25) is 0 Å². The topological polar surface area (TPSA) is 77.0 Å². The van der Waals surface area contributed by atoms with Gasteiger partial charge in [-0.15, -0.1) is 0 Å². The Morgan fingerprint density at radius 2 is 1.83 bits per heavy atom. The molecule has 24 heavy (non-hydrogen) atoms. The summed E-state index contributed by atoms with van der Waals surface area (Å²) in [5.74, 6) is -0.0955. The van der Waals surface area contributed by atoms with Crippen molar-refractivity contribution in [3.05, 3.63) is 58.6 Å². The molecule has 0 radical (unpaired) electrons. The summed E-state index contributed by atoms with van der Waals surface area (Å²) < 4.78 is 10.2. The third kappa shape index (κ3) is 4.82. The van der Waals surface area contributed by atoms with Gasteiger partial charge in [-0.05, 0) is 48.0 Å². The van der Waals surface area contributed by atoms with Gasteiger partial charge >= 0.3 is 5.97 Å². The Bertz CT molecular complexity index is 773. The van der Waals surface area contributed by atoms with E-state index in [0.29, 0.717) is 27.6 Å². The number of amides is 1. The monoisotopic (exact) mass is 346 g/mol. The highest BCUT2D eigenvalue weighted by molar-refractivity contribution is 6.30. The molecule has 0 aliphatic carbocycles. The average Bonchev–Trinajstić information content (AvgIpc) is 2.56. The SMILES string of the molecule is COc1cc(/C=N\NC(=O)c2ccc(Cl)cc2)ccc1OC(C)=O. The summed E-state index contributed by atoms with van der Waals surface area (Å²) in [5, 5.41) is 4.44. The first-order chi connectivity index (χ1) is 11.5. The molecule has 0 unspecified atom stereocenters. The molecule has 6 nitrogen and oxygen atoms in total. The Hall–Kier alpha value is -2.86. The number of carbonyl (C=O) groups excluding carboxylic acids is 2. The van der Waals surface area contributed by atoms with Crippen LogP contribution in [0, 0.1) is 0 Å². The van der Waals surface area contributed by atoms with Gasteiger partial charge in [0.05, 0.1) is 13.3 Å². The van der Waals surface area contributed by atoms with Crippen molar-refractivity contribution < 1.29 is 19.1 Å². The Labute approximate surface area is 144 Å². The predicted octanol–water partition coefficient (Wildman–Crippen LogP) is 3.04. The molecule has 0 saturated heterocycles. The number of hydrogen-bond acceptors (Lipinski definition) is 5. The fraction of sp³-hybridized carbons (Fsp3) is 0.118. The van der Waals surface area contributed by atoms with Crippen molar-refractivity contribution in [1.29, 1.82) is 0 Å². The van der Waals surface area contributed by atoms with Gasteiger partial charge in [0.1, 0.15) is 0 Å². The first-order valence-corrected chi connectivity index (χ1v) is 7.33.